The van der Waals surface area contributed by atoms with Crippen molar-refractivity contribution in [2.24, 2.45) is 0 Å². The molecule has 0 aromatic carbocycles. The van der Waals surface area contributed by atoms with Gasteiger partial charge in [0.1, 0.15) is 5.54 Å². The lowest BCUT2D eigenvalue weighted by molar-refractivity contribution is -0.187. The Kier molecular flexibility index (Phi) is 2.93. The van der Waals surface area contributed by atoms with Gasteiger partial charge in [-0.15, -0.1) is 0 Å². The van der Waals surface area contributed by atoms with E-state index in [1.165, 1.54) is 6.08 Å². The maximum Gasteiger partial charge on any atom is 0.410 e. The van der Waals surface area contributed by atoms with E-state index in [9.17, 15) is 18.0 Å². The summed E-state index contributed by atoms with van der Waals surface area (Å²) in [5.74, 6) is -0.665. The van der Waals surface area contributed by atoms with Gasteiger partial charge in [0, 0.05) is 5.57 Å². The van der Waals surface area contributed by atoms with Crippen LogP contribution in [0.15, 0.2) is 23.8 Å². The Balaban J connectivity index is 2.66. The van der Waals surface area contributed by atoms with Crippen LogP contribution in [0.1, 0.15) is 20.3 Å². The molecule has 0 heterocycles. The summed E-state index contributed by atoms with van der Waals surface area (Å²) in [7, 11) is 0. The molecule has 0 atom stereocenters. The van der Waals surface area contributed by atoms with Crippen LogP contribution in [0.3, 0.4) is 0 Å². The van der Waals surface area contributed by atoms with Crippen molar-refractivity contribution in [2.75, 3.05) is 0 Å². The summed E-state index contributed by atoms with van der Waals surface area (Å²) in [6, 6.07) is 0. The SMILES string of the molecule is CC(C)(NC(=O)C1=CC=CC1)C(F)(F)F. The number of rotatable bonds is 2. The summed E-state index contributed by atoms with van der Waals surface area (Å²) >= 11 is 0. The van der Waals surface area contributed by atoms with Gasteiger partial charge in [-0.3, -0.25) is 4.79 Å². The van der Waals surface area contributed by atoms with Gasteiger partial charge < -0.3 is 5.32 Å². The molecule has 1 amide bonds. The standard InChI is InChI=1S/C10H12F3NO/c1-9(2,10(11,12)13)14-8(15)7-5-3-4-6-7/h3-5H,6H2,1-2H3,(H,14,15). The van der Waals surface area contributed by atoms with E-state index in [1.54, 1.807) is 12.2 Å². The second-order valence-corrected chi connectivity index (χ2v) is 3.90. The van der Waals surface area contributed by atoms with Crippen molar-refractivity contribution < 1.29 is 18.0 Å². The van der Waals surface area contributed by atoms with Crippen molar-refractivity contribution in [2.45, 2.75) is 32.0 Å². The summed E-state index contributed by atoms with van der Waals surface area (Å²) in [6.07, 6.45) is 0.821. The molecule has 1 N–H and O–H groups in total. The molecular formula is C10H12F3NO. The first-order valence-corrected chi connectivity index (χ1v) is 4.49. The molecule has 0 fully saturated rings. The van der Waals surface area contributed by atoms with Gasteiger partial charge in [-0.1, -0.05) is 18.2 Å². The fraction of sp³-hybridized carbons (Fsp3) is 0.500. The summed E-state index contributed by atoms with van der Waals surface area (Å²) < 4.78 is 37.3. The zero-order valence-electron chi connectivity index (χ0n) is 8.48. The molecule has 0 spiro atoms. The lowest BCUT2D eigenvalue weighted by Crippen LogP contribution is -2.54. The molecule has 1 aliphatic rings. The quantitative estimate of drug-likeness (QED) is 0.758. The minimum absolute atomic E-state index is 0.354. The first-order chi connectivity index (χ1) is 6.74. The van der Waals surface area contributed by atoms with Crippen LogP contribution in [-0.4, -0.2) is 17.6 Å². The minimum atomic E-state index is -4.45. The van der Waals surface area contributed by atoms with Crippen molar-refractivity contribution >= 4 is 5.91 Å². The number of hydrogen-bond acceptors (Lipinski definition) is 1. The van der Waals surface area contributed by atoms with Gasteiger partial charge in [-0.25, -0.2) is 0 Å². The monoisotopic (exact) mass is 219 g/mol. The molecule has 84 valence electrons. The van der Waals surface area contributed by atoms with Crippen molar-refractivity contribution in [3.05, 3.63) is 23.8 Å². The van der Waals surface area contributed by atoms with Gasteiger partial charge >= 0.3 is 6.18 Å². The van der Waals surface area contributed by atoms with Crippen LogP contribution in [0.2, 0.25) is 0 Å². The Morgan fingerprint density at radius 2 is 2.00 bits per heavy atom. The van der Waals surface area contributed by atoms with Crippen LogP contribution in [0.4, 0.5) is 13.2 Å². The highest BCUT2D eigenvalue weighted by atomic mass is 19.4. The van der Waals surface area contributed by atoms with Gasteiger partial charge in [-0.2, -0.15) is 13.2 Å². The van der Waals surface area contributed by atoms with Crippen molar-refractivity contribution in [1.82, 2.24) is 5.32 Å². The lowest BCUT2D eigenvalue weighted by Gasteiger charge is -2.29. The van der Waals surface area contributed by atoms with Gasteiger partial charge in [-0.05, 0) is 20.3 Å². The molecule has 15 heavy (non-hydrogen) atoms. The number of carbonyl (C=O) groups is 1. The predicted octanol–water partition coefficient (Wildman–Crippen LogP) is 2.33. The smallest absolute Gasteiger partial charge is 0.339 e. The molecule has 2 nitrogen and oxygen atoms in total. The first kappa shape index (κ1) is 11.8. The van der Waals surface area contributed by atoms with E-state index in [0.717, 1.165) is 13.8 Å². The highest BCUT2D eigenvalue weighted by Crippen LogP contribution is 2.29. The molecule has 0 saturated heterocycles. The molecule has 1 rings (SSSR count). The van der Waals surface area contributed by atoms with Crippen LogP contribution in [0.25, 0.3) is 0 Å². The zero-order valence-corrected chi connectivity index (χ0v) is 8.48. The van der Waals surface area contributed by atoms with E-state index in [0.29, 0.717) is 12.0 Å². The normalized spacial score (nSPS) is 16.5. The minimum Gasteiger partial charge on any atom is -0.339 e. The first-order valence-electron chi connectivity index (χ1n) is 4.49. The number of allylic oxidation sites excluding steroid dienone is 3. The Hall–Kier alpha value is -1.26. The van der Waals surface area contributed by atoms with E-state index in [2.05, 4.69) is 0 Å². The third-order valence-electron chi connectivity index (χ3n) is 2.20. The molecule has 0 aromatic heterocycles. The number of amides is 1. The van der Waals surface area contributed by atoms with E-state index >= 15 is 0 Å². The highest BCUT2D eigenvalue weighted by molar-refractivity contribution is 5.95. The Bertz CT molecular complexity index is 326. The van der Waals surface area contributed by atoms with Crippen molar-refractivity contribution in [1.29, 1.82) is 0 Å². The Labute approximate surface area is 85.8 Å². The van der Waals surface area contributed by atoms with Crippen LogP contribution in [0, 0.1) is 0 Å². The molecule has 0 aromatic rings. The maximum absolute atomic E-state index is 12.4. The molecular weight excluding hydrogens is 207 g/mol. The van der Waals surface area contributed by atoms with E-state index in [1.807, 2.05) is 5.32 Å². The topological polar surface area (TPSA) is 29.1 Å². The molecule has 1 aliphatic carbocycles. The average molecular weight is 219 g/mol. The number of alkyl halides is 3. The largest absolute Gasteiger partial charge is 0.410 e. The van der Waals surface area contributed by atoms with Crippen LogP contribution in [-0.2, 0) is 4.79 Å². The predicted molar refractivity (Wildman–Crippen MR) is 50.1 cm³/mol. The molecule has 0 bridgehead atoms. The maximum atomic E-state index is 12.4. The molecule has 5 heteroatoms. The van der Waals surface area contributed by atoms with E-state index in [4.69, 9.17) is 0 Å². The molecule has 0 unspecified atom stereocenters. The Morgan fingerprint density at radius 3 is 2.40 bits per heavy atom. The van der Waals surface area contributed by atoms with E-state index in [-0.39, 0.29) is 0 Å². The number of carbonyl (C=O) groups excluding carboxylic acids is 1. The number of nitrogens with one attached hydrogen (secondary N) is 1. The highest BCUT2D eigenvalue weighted by Gasteiger charge is 2.48. The second-order valence-electron chi connectivity index (χ2n) is 3.90. The molecule has 0 saturated carbocycles. The van der Waals surface area contributed by atoms with Gasteiger partial charge in [0.15, 0.2) is 0 Å². The fourth-order valence-electron chi connectivity index (χ4n) is 1.05. The van der Waals surface area contributed by atoms with Gasteiger partial charge in [0.25, 0.3) is 0 Å². The number of hydrogen-bond donors (Lipinski definition) is 1. The lowest BCUT2D eigenvalue weighted by atomic mass is 10.0. The average Bonchev–Trinajstić information content (AvgIpc) is 2.51. The fourth-order valence-corrected chi connectivity index (χ4v) is 1.05. The zero-order chi connectivity index (χ0) is 11.7. The summed E-state index contributed by atoms with van der Waals surface area (Å²) in [4.78, 5) is 11.4. The van der Waals surface area contributed by atoms with Crippen LogP contribution < -0.4 is 5.32 Å². The summed E-state index contributed by atoms with van der Waals surface area (Å²) in [6.45, 7) is 1.88. The van der Waals surface area contributed by atoms with Crippen molar-refractivity contribution in [3.63, 3.8) is 0 Å². The van der Waals surface area contributed by atoms with Crippen LogP contribution >= 0.6 is 0 Å². The Morgan fingerprint density at radius 1 is 1.40 bits per heavy atom. The van der Waals surface area contributed by atoms with Gasteiger partial charge in [0.05, 0.1) is 0 Å². The van der Waals surface area contributed by atoms with Crippen LogP contribution in [0.5, 0.6) is 0 Å². The molecule has 0 radical (unpaired) electrons. The van der Waals surface area contributed by atoms with Gasteiger partial charge in [0.2, 0.25) is 5.91 Å². The summed E-state index contributed by atoms with van der Waals surface area (Å²) in [5, 5.41) is 1.97. The van der Waals surface area contributed by atoms with Crippen molar-refractivity contribution in [3.8, 4) is 0 Å². The molecule has 0 aliphatic heterocycles. The third kappa shape index (κ3) is 2.61. The number of halogens is 3. The van der Waals surface area contributed by atoms with E-state index < -0.39 is 17.6 Å². The third-order valence-corrected chi connectivity index (χ3v) is 2.20. The second kappa shape index (κ2) is 3.72. The summed E-state index contributed by atoms with van der Waals surface area (Å²) in [5.41, 5.74) is -1.85.